The maximum atomic E-state index is 11.3. The molecule has 0 heterocycles. The van der Waals surface area contributed by atoms with E-state index >= 15 is 0 Å². The number of ether oxygens (including phenoxy) is 1. The van der Waals surface area contributed by atoms with Gasteiger partial charge in [0.1, 0.15) is 5.75 Å². The minimum Gasteiger partial charge on any atom is -0.497 e. The lowest BCUT2D eigenvalue weighted by molar-refractivity contribution is 0.414. The van der Waals surface area contributed by atoms with Gasteiger partial charge in [-0.1, -0.05) is 17.7 Å². The number of nitrogens with one attached hydrogen (secondary N) is 3. The van der Waals surface area contributed by atoms with Gasteiger partial charge in [-0.2, -0.15) is 0 Å². The predicted molar refractivity (Wildman–Crippen MR) is 119 cm³/mol. The van der Waals surface area contributed by atoms with Crippen molar-refractivity contribution in [3.05, 3.63) is 28.8 Å². The van der Waals surface area contributed by atoms with Gasteiger partial charge >= 0.3 is 0 Å². The Morgan fingerprint density at radius 3 is 2.50 bits per heavy atom. The predicted octanol–water partition coefficient (Wildman–Crippen LogP) is 2.00. The zero-order chi connectivity index (χ0) is 18.7. The van der Waals surface area contributed by atoms with Crippen molar-refractivity contribution < 1.29 is 13.2 Å². The van der Waals surface area contributed by atoms with Gasteiger partial charge in [0.15, 0.2) is 5.96 Å². The maximum absolute atomic E-state index is 11.3. The monoisotopic (exact) mass is 518 g/mol. The van der Waals surface area contributed by atoms with E-state index in [2.05, 4.69) is 20.3 Å². The lowest BCUT2D eigenvalue weighted by Crippen LogP contribution is -2.39. The molecule has 0 fully saturated rings. The summed E-state index contributed by atoms with van der Waals surface area (Å²) in [6, 6.07) is 5.62. The molecule has 0 amide bonds. The molecule has 0 aromatic heterocycles. The van der Waals surface area contributed by atoms with Gasteiger partial charge in [0.05, 0.1) is 12.9 Å². The first kappa shape index (κ1) is 25.2. The first-order valence-electron chi connectivity index (χ1n) is 8.16. The standard InChI is InChI=1S/C16H27ClN4O3S.HI/c1-4-25(22,23)21-10-5-9-19-16(18-2)20-11-8-13-6-7-14(24-3)12-15(13)17;/h6-7,12,21H,4-5,8-11H2,1-3H3,(H2,18,19,20);1H. The van der Waals surface area contributed by atoms with Gasteiger partial charge in [0.2, 0.25) is 10.0 Å². The number of methoxy groups -OCH3 is 1. The van der Waals surface area contributed by atoms with E-state index in [-0.39, 0.29) is 29.7 Å². The van der Waals surface area contributed by atoms with Crippen molar-refractivity contribution >= 4 is 51.6 Å². The Balaban J connectivity index is 0.00000625. The molecular formula is C16H28ClIN4O3S. The Kier molecular flexibility index (Phi) is 13.0. The van der Waals surface area contributed by atoms with Crippen LogP contribution in [-0.2, 0) is 16.4 Å². The maximum Gasteiger partial charge on any atom is 0.211 e. The fraction of sp³-hybridized carbons (Fsp3) is 0.562. The highest BCUT2D eigenvalue weighted by Gasteiger charge is 2.05. The molecule has 0 saturated heterocycles. The quantitative estimate of drug-likeness (QED) is 0.191. The van der Waals surface area contributed by atoms with Crippen LogP contribution in [0.5, 0.6) is 5.75 Å². The molecule has 10 heteroatoms. The van der Waals surface area contributed by atoms with Gasteiger partial charge in [-0.05, 0) is 37.5 Å². The summed E-state index contributed by atoms with van der Waals surface area (Å²) in [5, 5.41) is 7.02. The van der Waals surface area contributed by atoms with E-state index in [1.807, 2.05) is 12.1 Å². The first-order valence-corrected chi connectivity index (χ1v) is 10.2. The number of halogens is 2. The summed E-state index contributed by atoms with van der Waals surface area (Å²) in [4.78, 5) is 4.13. The molecule has 7 nitrogen and oxygen atoms in total. The average Bonchev–Trinajstić information content (AvgIpc) is 2.60. The minimum absolute atomic E-state index is 0. The molecule has 1 rings (SSSR count). The molecule has 3 N–H and O–H groups in total. The second-order valence-corrected chi connectivity index (χ2v) is 7.79. The second-order valence-electron chi connectivity index (χ2n) is 5.28. The van der Waals surface area contributed by atoms with Crippen LogP contribution in [0, 0.1) is 0 Å². The highest BCUT2D eigenvalue weighted by Crippen LogP contribution is 2.22. The van der Waals surface area contributed by atoms with Crippen molar-refractivity contribution in [2.24, 2.45) is 4.99 Å². The fourth-order valence-corrected chi connectivity index (χ4v) is 2.94. The van der Waals surface area contributed by atoms with Gasteiger partial charge in [0, 0.05) is 31.7 Å². The molecule has 0 radical (unpaired) electrons. The molecule has 150 valence electrons. The summed E-state index contributed by atoms with van der Waals surface area (Å²) in [7, 11) is 0.172. The molecule has 26 heavy (non-hydrogen) atoms. The highest BCUT2D eigenvalue weighted by atomic mass is 127. The van der Waals surface area contributed by atoms with Gasteiger partial charge in [-0.15, -0.1) is 24.0 Å². The van der Waals surface area contributed by atoms with E-state index in [0.29, 0.717) is 37.0 Å². The summed E-state index contributed by atoms with van der Waals surface area (Å²) in [6.45, 7) is 3.31. The largest absolute Gasteiger partial charge is 0.497 e. The molecule has 0 atom stereocenters. The number of rotatable bonds is 10. The van der Waals surface area contributed by atoms with E-state index in [1.165, 1.54) is 0 Å². The Morgan fingerprint density at radius 2 is 1.92 bits per heavy atom. The van der Waals surface area contributed by atoms with Crippen molar-refractivity contribution in [1.29, 1.82) is 0 Å². The van der Waals surface area contributed by atoms with Crippen molar-refractivity contribution in [2.75, 3.05) is 39.5 Å². The number of sulfonamides is 1. The van der Waals surface area contributed by atoms with Crippen LogP contribution in [-0.4, -0.2) is 53.9 Å². The van der Waals surface area contributed by atoms with Gasteiger partial charge in [-0.25, -0.2) is 13.1 Å². The van der Waals surface area contributed by atoms with Crippen LogP contribution in [0.25, 0.3) is 0 Å². The zero-order valence-electron chi connectivity index (χ0n) is 15.3. The topological polar surface area (TPSA) is 91.8 Å². The minimum atomic E-state index is -3.12. The van der Waals surface area contributed by atoms with Gasteiger partial charge in [0.25, 0.3) is 0 Å². The third-order valence-electron chi connectivity index (χ3n) is 3.52. The molecule has 0 saturated carbocycles. The Bertz CT molecular complexity index is 671. The van der Waals surface area contributed by atoms with Crippen LogP contribution < -0.4 is 20.1 Å². The Morgan fingerprint density at radius 1 is 1.23 bits per heavy atom. The van der Waals surface area contributed by atoms with Crippen LogP contribution in [0.3, 0.4) is 0 Å². The summed E-state index contributed by atoms with van der Waals surface area (Å²) < 4.78 is 30.3. The van der Waals surface area contributed by atoms with Gasteiger partial charge < -0.3 is 15.4 Å². The lowest BCUT2D eigenvalue weighted by Gasteiger charge is -2.13. The third kappa shape index (κ3) is 9.79. The molecule has 0 aliphatic carbocycles. The second kappa shape index (κ2) is 13.4. The highest BCUT2D eigenvalue weighted by molar-refractivity contribution is 14.0. The SMILES string of the molecule is CCS(=O)(=O)NCCCNC(=NC)NCCc1ccc(OC)cc1Cl.I. The van der Waals surface area contributed by atoms with E-state index in [4.69, 9.17) is 16.3 Å². The average molecular weight is 519 g/mol. The van der Waals surface area contributed by atoms with E-state index in [0.717, 1.165) is 17.7 Å². The van der Waals surface area contributed by atoms with Crippen LogP contribution in [0.15, 0.2) is 23.2 Å². The number of benzene rings is 1. The van der Waals surface area contributed by atoms with E-state index < -0.39 is 10.0 Å². The van der Waals surface area contributed by atoms with Crippen LogP contribution >= 0.6 is 35.6 Å². The van der Waals surface area contributed by atoms with Crippen LogP contribution in [0.2, 0.25) is 5.02 Å². The van der Waals surface area contributed by atoms with Crippen molar-refractivity contribution in [3.63, 3.8) is 0 Å². The molecule has 1 aromatic rings. The van der Waals surface area contributed by atoms with Crippen LogP contribution in [0.1, 0.15) is 18.9 Å². The molecular weight excluding hydrogens is 491 g/mol. The summed E-state index contributed by atoms with van der Waals surface area (Å²) >= 11 is 6.21. The number of aliphatic imine (C=N–C) groups is 1. The molecule has 0 aliphatic heterocycles. The third-order valence-corrected chi connectivity index (χ3v) is 5.27. The fourth-order valence-electron chi connectivity index (χ4n) is 2.02. The molecule has 0 unspecified atom stereocenters. The number of hydrogen-bond donors (Lipinski definition) is 3. The molecule has 0 bridgehead atoms. The lowest BCUT2D eigenvalue weighted by atomic mass is 10.1. The van der Waals surface area contributed by atoms with Crippen molar-refractivity contribution in [2.45, 2.75) is 19.8 Å². The normalized spacial score (nSPS) is 11.6. The molecule has 0 spiro atoms. The summed E-state index contributed by atoms with van der Waals surface area (Å²) in [5.74, 6) is 1.50. The Hall–Kier alpha value is -0.780. The summed E-state index contributed by atoms with van der Waals surface area (Å²) in [6.07, 6.45) is 1.42. The first-order chi connectivity index (χ1) is 11.9. The smallest absolute Gasteiger partial charge is 0.211 e. The molecule has 1 aromatic carbocycles. The van der Waals surface area contributed by atoms with Crippen LogP contribution in [0.4, 0.5) is 0 Å². The zero-order valence-corrected chi connectivity index (χ0v) is 19.2. The molecule has 0 aliphatic rings. The van der Waals surface area contributed by atoms with E-state index in [9.17, 15) is 8.42 Å². The van der Waals surface area contributed by atoms with Crippen molar-refractivity contribution in [3.8, 4) is 5.75 Å². The van der Waals surface area contributed by atoms with E-state index in [1.54, 1.807) is 27.1 Å². The number of guanidine groups is 1. The number of nitrogens with zero attached hydrogens (tertiary/aromatic N) is 1. The number of hydrogen-bond acceptors (Lipinski definition) is 4. The Labute approximate surface area is 178 Å². The summed E-state index contributed by atoms with van der Waals surface area (Å²) in [5.41, 5.74) is 1.03. The van der Waals surface area contributed by atoms with Gasteiger partial charge in [-0.3, -0.25) is 4.99 Å². The van der Waals surface area contributed by atoms with Crippen molar-refractivity contribution in [1.82, 2.24) is 15.4 Å².